The van der Waals surface area contributed by atoms with E-state index in [9.17, 15) is 9.59 Å². The summed E-state index contributed by atoms with van der Waals surface area (Å²) in [6.45, 7) is 8.08. The fraction of sp³-hybridized carbons (Fsp3) is 0.385. The normalized spacial score (nSPS) is 17.8. The molecule has 31 heavy (non-hydrogen) atoms. The summed E-state index contributed by atoms with van der Waals surface area (Å²) in [5, 5.41) is 0. The predicted molar refractivity (Wildman–Crippen MR) is 121 cm³/mol. The highest BCUT2D eigenvalue weighted by molar-refractivity contribution is 6.35. The molecule has 0 N–H and O–H groups in total. The lowest BCUT2D eigenvalue weighted by Gasteiger charge is -2.32. The zero-order valence-electron chi connectivity index (χ0n) is 18.5. The average molecular weight is 419 g/mol. The van der Waals surface area contributed by atoms with Gasteiger partial charge in [0.1, 0.15) is 11.4 Å². The second kappa shape index (κ2) is 8.96. The molecule has 2 heterocycles. The number of likely N-dealkylation sites (tertiary alicyclic amines) is 1. The van der Waals surface area contributed by atoms with Crippen molar-refractivity contribution >= 4 is 17.4 Å². The molecule has 0 atom stereocenters. The van der Waals surface area contributed by atoms with Gasteiger partial charge in [0.05, 0.1) is 18.2 Å². The van der Waals surface area contributed by atoms with Gasteiger partial charge in [-0.05, 0) is 55.9 Å². The van der Waals surface area contributed by atoms with Crippen LogP contribution in [0.5, 0.6) is 5.75 Å². The Morgan fingerprint density at radius 2 is 1.58 bits per heavy atom. The molecule has 0 bridgehead atoms. The van der Waals surface area contributed by atoms with Gasteiger partial charge in [0.15, 0.2) is 0 Å². The Morgan fingerprint density at radius 3 is 2.19 bits per heavy atom. The van der Waals surface area contributed by atoms with Gasteiger partial charge in [-0.2, -0.15) is 0 Å². The zero-order valence-corrected chi connectivity index (χ0v) is 18.5. The smallest absolute Gasteiger partial charge is 0.278 e. The van der Waals surface area contributed by atoms with E-state index in [-0.39, 0.29) is 24.5 Å². The second-order valence-electron chi connectivity index (χ2n) is 8.77. The molecule has 5 heteroatoms. The Hall–Kier alpha value is -3.08. The molecule has 5 nitrogen and oxygen atoms in total. The maximum atomic E-state index is 13.5. The van der Waals surface area contributed by atoms with Crippen LogP contribution in [0, 0.1) is 5.92 Å². The molecular weight excluding hydrogens is 388 g/mol. The summed E-state index contributed by atoms with van der Waals surface area (Å²) in [6.07, 6.45) is 2.13. The maximum absolute atomic E-state index is 13.5. The largest absolute Gasteiger partial charge is 0.491 e. The fourth-order valence-electron chi connectivity index (χ4n) is 4.23. The Morgan fingerprint density at radius 1 is 0.935 bits per heavy atom. The van der Waals surface area contributed by atoms with E-state index in [0.717, 1.165) is 42.8 Å². The van der Waals surface area contributed by atoms with E-state index in [2.05, 4.69) is 11.8 Å². The third kappa shape index (κ3) is 4.50. The minimum atomic E-state index is -0.222. The molecule has 0 saturated carbocycles. The Balaban J connectivity index is 1.69. The number of hydrogen-bond donors (Lipinski definition) is 0. The van der Waals surface area contributed by atoms with Gasteiger partial charge >= 0.3 is 0 Å². The van der Waals surface area contributed by atoms with Crippen LogP contribution in [0.15, 0.2) is 60.3 Å². The molecule has 2 amide bonds. The maximum Gasteiger partial charge on any atom is 0.278 e. The molecule has 0 spiro atoms. The van der Waals surface area contributed by atoms with Gasteiger partial charge < -0.3 is 9.64 Å². The molecule has 162 valence electrons. The third-order valence-corrected chi connectivity index (χ3v) is 5.94. The van der Waals surface area contributed by atoms with Crippen molar-refractivity contribution in [2.45, 2.75) is 46.3 Å². The molecule has 0 radical (unpaired) electrons. The van der Waals surface area contributed by atoms with Gasteiger partial charge in [-0.25, -0.2) is 0 Å². The van der Waals surface area contributed by atoms with Crippen LogP contribution in [0.1, 0.15) is 44.7 Å². The molecule has 2 aliphatic heterocycles. The van der Waals surface area contributed by atoms with Crippen molar-refractivity contribution in [1.29, 1.82) is 0 Å². The number of ether oxygens (including phenoxy) is 1. The van der Waals surface area contributed by atoms with E-state index in [1.54, 1.807) is 0 Å². The number of rotatable bonds is 6. The lowest BCUT2D eigenvalue weighted by Crippen LogP contribution is -2.38. The second-order valence-corrected chi connectivity index (χ2v) is 8.77. The van der Waals surface area contributed by atoms with E-state index in [4.69, 9.17) is 4.74 Å². The van der Waals surface area contributed by atoms with Crippen LogP contribution in [0.25, 0.3) is 5.57 Å². The third-order valence-electron chi connectivity index (χ3n) is 5.94. The summed E-state index contributed by atoms with van der Waals surface area (Å²) in [7, 11) is 0. The summed E-state index contributed by atoms with van der Waals surface area (Å²) in [4.78, 5) is 30.5. The summed E-state index contributed by atoms with van der Waals surface area (Å²) in [5.41, 5.74) is 2.76. The molecular formula is C26H30N2O3. The number of hydrogen-bond acceptors (Lipinski definition) is 4. The van der Waals surface area contributed by atoms with Crippen LogP contribution in [0.2, 0.25) is 0 Å². The highest BCUT2D eigenvalue weighted by atomic mass is 16.5. The first-order chi connectivity index (χ1) is 14.9. The highest BCUT2D eigenvalue weighted by Crippen LogP contribution is 2.35. The molecule has 1 fully saturated rings. The van der Waals surface area contributed by atoms with Gasteiger partial charge in [0, 0.05) is 13.1 Å². The first-order valence-corrected chi connectivity index (χ1v) is 11.1. The van der Waals surface area contributed by atoms with Crippen LogP contribution < -0.4 is 4.74 Å². The summed E-state index contributed by atoms with van der Waals surface area (Å²) < 4.78 is 5.75. The SMILES string of the molecule is CC1CCN(C2=C(c3ccc(OC(C)C)cc3)C(=O)N(Cc3ccccc3)C2=O)CC1. The molecule has 1 saturated heterocycles. The average Bonchev–Trinajstić information content (AvgIpc) is 3.00. The van der Waals surface area contributed by atoms with E-state index in [0.29, 0.717) is 17.2 Å². The summed E-state index contributed by atoms with van der Waals surface area (Å²) >= 11 is 0. The van der Waals surface area contributed by atoms with Gasteiger partial charge in [0.2, 0.25) is 0 Å². The molecule has 2 aromatic rings. The first-order valence-electron chi connectivity index (χ1n) is 11.1. The van der Waals surface area contributed by atoms with Crippen LogP contribution in [0.4, 0.5) is 0 Å². The minimum Gasteiger partial charge on any atom is -0.491 e. The van der Waals surface area contributed by atoms with Crippen molar-refractivity contribution in [2.75, 3.05) is 13.1 Å². The quantitative estimate of drug-likeness (QED) is 0.649. The van der Waals surface area contributed by atoms with E-state index >= 15 is 0 Å². The van der Waals surface area contributed by atoms with Crippen molar-refractivity contribution in [3.63, 3.8) is 0 Å². The zero-order chi connectivity index (χ0) is 22.0. The highest BCUT2D eigenvalue weighted by Gasteiger charge is 2.42. The van der Waals surface area contributed by atoms with E-state index < -0.39 is 0 Å². The lowest BCUT2D eigenvalue weighted by atomic mass is 9.97. The van der Waals surface area contributed by atoms with Crippen LogP contribution >= 0.6 is 0 Å². The van der Waals surface area contributed by atoms with E-state index in [1.807, 2.05) is 68.4 Å². The predicted octanol–water partition coefficient (Wildman–Crippen LogP) is 4.49. The van der Waals surface area contributed by atoms with Crippen molar-refractivity contribution in [3.8, 4) is 5.75 Å². The Labute approximate surface area is 184 Å². The van der Waals surface area contributed by atoms with Gasteiger partial charge in [-0.3, -0.25) is 14.5 Å². The van der Waals surface area contributed by atoms with Gasteiger partial charge in [-0.1, -0.05) is 49.4 Å². The molecule has 0 aromatic heterocycles. The van der Waals surface area contributed by atoms with Crippen molar-refractivity contribution < 1.29 is 14.3 Å². The fourth-order valence-corrected chi connectivity index (χ4v) is 4.23. The Kier molecular flexibility index (Phi) is 6.12. The number of carbonyl (C=O) groups is 2. The Bertz CT molecular complexity index is 971. The molecule has 4 rings (SSSR count). The monoisotopic (exact) mass is 418 g/mol. The number of carbonyl (C=O) groups excluding carboxylic acids is 2. The lowest BCUT2D eigenvalue weighted by molar-refractivity contribution is -0.138. The molecule has 2 aliphatic rings. The number of benzene rings is 2. The van der Waals surface area contributed by atoms with Crippen molar-refractivity contribution in [2.24, 2.45) is 5.92 Å². The molecule has 0 aliphatic carbocycles. The van der Waals surface area contributed by atoms with Gasteiger partial charge in [-0.15, -0.1) is 0 Å². The first kappa shape index (κ1) is 21.2. The van der Waals surface area contributed by atoms with Crippen LogP contribution in [-0.4, -0.2) is 40.8 Å². The van der Waals surface area contributed by atoms with Gasteiger partial charge in [0.25, 0.3) is 11.8 Å². The number of nitrogens with zero attached hydrogens (tertiary/aromatic N) is 2. The van der Waals surface area contributed by atoms with Crippen LogP contribution in [-0.2, 0) is 16.1 Å². The number of piperidine rings is 1. The summed E-state index contributed by atoms with van der Waals surface area (Å²) in [5.74, 6) is 0.979. The van der Waals surface area contributed by atoms with Crippen molar-refractivity contribution in [1.82, 2.24) is 9.80 Å². The standard InChI is InChI=1S/C26H30N2O3/c1-18(2)31-22-11-9-21(10-12-22)23-24(27-15-13-19(3)14-16-27)26(30)28(25(23)29)17-20-7-5-4-6-8-20/h4-12,18-19H,13-17H2,1-3H3. The number of amides is 2. The number of imide groups is 1. The molecule has 0 unspecified atom stereocenters. The van der Waals surface area contributed by atoms with E-state index in [1.165, 1.54) is 4.90 Å². The minimum absolute atomic E-state index is 0.0759. The van der Waals surface area contributed by atoms with Crippen LogP contribution in [0.3, 0.4) is 0 Å². The summed E-state index contributed by atoms with van der Waals surface area (Å²) in [6, 6.07) is 17.2. The molecule has 2 aromatic carbocycles. The topological polar surface area (TPSA) is 49.9 Å². The van der Waals surface area contributed by atoms with Crippen molar-refractivity contribution in [3.05, 3.63) is 71.4 Å².